The topological polar surface area (TPSA) is 86.8 Å². The van der Waals surface area contributed by atoms with Crippen LogP contribution in [0.2, 0.25) is 0 Å². The van der Waals surface area contributed by atoms with Crippen molar-refractivity contribution in [3.05, 3.63) is 60.2 Å². The maximum absolute atomic E-state index is 4.29. The van der Waals surface area contributed by atoms with Crippen molar-refractivity contribution in [2.75, 3.05) is 26.0 Å². The van der Waals surface area contributed by atoms with Crippen LogP contribution in [-0.2, 0) is 6.42 Å². The predicted molar refractivity (Wildman–Crippen MR) is 98.5 cm³/mol. The van der Waals surface area contributed by atoms with Gasteiger partial charge in [-0.1, -0.05) is 30.3 Å². The molecule has 0 radical (unpaired) electrons. The summed E-state index contributed by atoms with van der Waals surface area (Å²) < 4.78 is 0. The predicted octanol–water partition coefficient (Wildman–Crippen LogP) is 1.94. The average Bonchev–Trinajstić information content (AvgIpc) is 2.94. The fourth-order valence-corrected chi connectivity index (χ4v) is 2.42. The maximum Gasteiger partial charge on any atom is 0.263 e. The second kappa shape index (κ2) is 9.03. The highest BCUT2D eigenvalue weighted by Gasteiger charge is 2.25. The number of aliphatic imine (C=N–C) groups is 1. The molecule has 2 atom stereocenters. The van der Waals surface area contributed by atoms with Crippen LogP contribution in [0.15, 0.2) is 69.8 Å². The Morgan fingerprint density at radius 3 is 2.48 bits per heavy atom. The molecule has 3 rings (SSSR count). The number of benzene rings is 2. The minimum absolute atomic E-state index is 0. The molecule has 0 aromatic heterocycles. The molecule has 0 saturated carbocycles. The molecule has 0 amide bonds. The van der Waals surface area contributed by atoms with Crippen LogP contribution in [0.1, 0.15) is 5.56 Å². The van der Waals surface area contributed by atoms with Gasteiger partial charge in [-0.05, 0) is 36.2 Å². The van der Waals surface area contributed by atoms with E-state index in [1.807, 2.05) is 55.8 Å². The molecule has 132 valence electrons. The number of rotatable bonds is 6. The first-order valence-electron chi connectivity index (χ1n) is 8.11. The van der Waals surface area contributed by atoms with Crippen molar-refractivity contribution in [2.45, 2.75) is 12.7 Å². The Hall–Kier alpha value is -2.61. The van der Waals surface area contributed by atoms with Gasteiger partial charge >= 0.3 is 0 Å². The quantitative estimate of drug-likeness (QED) is 0.788. The van der Waals surface area contributed by atoms with Gasteiger partial charge in [-0.2, -0.15) is 10.1 Å². The van der Waals surface area contributed by atoms with E-state index in [0.29, 0.717) is 0 Å². The molecular weight excluding hydrogens is 316 g/mol. The van der Waals surface area contributed by atoms with E-state index in [9.17, 15) is 0 Å². The van der Waals surface area contributed by atoms with Crippen LogP contribution >= 0.6 is 0 Å². The summed E-state index contributed by atoms with van der Waals surface area (Å²) in [5, 5.41) is 15.0. The van der Waals surface area contributed by atoms with Crippen molar-refractivity contribution in [1.29, 1.82) is 0 Å². The zero-order chi connectivity index (χ0) is 16.8. The summed E-state index contributed by atoms with van der Waals surface area (Å²) in [5.74, 6) is 0. The standard InChI is InChI=1S/C18H22N6.H2O/c1-23-14-20-18(24(23)2)22-21-17-10-8-16(9-11-17)19-13-12-15-6-4-3-5-7-15;/h3-11,14,18-19H,12-13H2,1-2H3;1H2. The highest BCUT2D eigenvalue weighted by atomic mass is 16.0. The number of quaternary nitrogens is 1. The van der Waals surface area contributed by atoms with Gasteiger partial charge in [0.15, 0.2) is 0 Å². The van der Waals surface area contributed by atoms with Crippen LogP contribution < -0.4 is 10.3 Å². The number of anilines is 1. The summed E-state index contributed by atoms with van der Waals surface area (Å²) >= 11 is 0. The van der Waals surface area contributed by atoms with Crippen molar-refractivity contribution in [3.63, 3.8) is 0 Å². The summed E-state index contributed by atoms with van der Waals surface area (Å²) in [6.45, 7) is 0.904. The van der Waals surface area contributed by atoms with Crippen LogP contribution in [-0.4, -0.2) is 43.8 Å². The molecule has 1 heterocycles. The first-order valence-corrected chi connectivity index (χ1v) is 8.11. The first-order chi connectivity index (χ1) is 11.7. The van der Waals surface area contributed by atoms with Crippen molar-refractivity contribution >= 4 is 17.7 Å². The Labute approximate surface area is 148 Å². The fourth-order valence-electron chi connectivity index (χ4n) is 2.42. The summed E-state index contributed by atoms with van der Waals surface area (Å²) in [7, 11) is 3.97. The molecular formula is C18H24N6O. The van der Waals surface area contributed by atoms with Gasteiger partial charge in [-0.25, -0.2) is 5.01 Å². The SMILES string of the molecule is CN1C(N=Nc2ccc(NCCc3ccccc3)cc2)N=C[NH+]1C.[OH-]. The number of hydrogen-bond acceptors (Lipinski definition) is 6. The number of hydrogen-bond donors (Lipinski definition) is 2. The summed E-state index contributed by atoms with van der Waals surface area (Å²) in [4.78, 5) is 4.29. The lowest BCUT2D eigenvalue weighted by Gasteiger charge is -2.14. The van der Waals surface area contributed by atoms with Gasteiger partial charge in [0.05, 0.1) is 12.7 Å². The van der Waals surface area contributed by atoms with Crippen LogP contribution in [0.5, 0.6) is 0 Å². The largest absolute Gasteiger partial charge is 0.870 e. The monoisotopic (exact) mass is 340 g/mol. The average molecular weight is 340 g/mol. The molecule has 7 nitrogen and oxygen atoms in total. The lowest BCUT2D eigenvalue weighted by Crippen LogP contribution is -3.12. The molecule has 2 aromatic carbocycles. The summed E-state index contributed by atoms with van der Waals surface area (Å²) in [5.41, 5.74) is 3.26. The Morgan fingerprint density at radius 2 is 1.84 bits per heavy atom. The number of azo groups is 1. The van der Waals surface area contributed by atoms with E-state index >= 15 is 0 Å². The lowest BCUT2D eigenvalue weighted by molar-refractivity contribution is -0.903. The Morgan fingerprint density at radius 1 is 1.12 bits per heavy atom. The second-order valence-electron chi connectivity index (χ2n) is 5.80. The van der Waals surface area contributed by atoms with E-state index in [1.165, 1.54) is 5.56 Å². The summed E-state index contributed by atoms with van der Waals surface area (Å²) in [6.07, 6.45) is 2.59. The molecule has 0 spiro atoms. The van der Waals surface area contributed by atoms with E-state index in [-0.39, 0.29) is 11.8 Å². The molecule has 1 aliphatic rings. The van der Waals surface area contributed by atoms with Crippen LogP contribution in [0.4, 0.5) is 11.4 Å². The van der Waals surface area contributed by atoms with Gasteiger partial charge in [0.1, 0.15) is 0 Å². The fraction of sp³-hybridized carbons (Fsp3) is 0.278. The van der Waals surface area contributed by atoms with Crippen LogP contribution in [0, 0.1) is 0 Å². The first kappa shape index (κ1) is 18.7. The number of nitrogens with zero attached hydrogens (tertiary/aromatic N) is 4. The molecule has 0 saturated heterocycles. The third-order valence-corrected chi connectivity index (χ3v) is 4.03. The molecule has 0 fully saturated rings. The molecule has 3 N–H and O–H groups in total. The molecule has 7 heteroatoms. The van der Waals surface area contributed by atoms with Crippen LogP contribution in [0.3, 0.4) is 0 Å². The third kappa shape index (κ3) is 5.18. The Bertz CT molecular complexity index is 701. The number of nitrogens with one attached hydrogen (secondary N) is 2. The van der Waals surface area contributed by atoms with Gasteiger partial charge in [-0.15, -0.1) is 10.1 Å². The smallest absolute Gasteiger partial charge is 0.263 e. The molecule has 1 aliphatic heterocycles. The van der Waals surface area contributed by atoms with E-state index in [4.69, 9.17) is 0 Å². The van der Waals surface area contributed by atoms with Crippen molar-refractivity contribution in [1.82, 2.24) is 5.01 Å². The third-order valence-electron chi connectivity index (χ3n) is 4.03. The molecule has 0 bridgehead atoms. The van der Waals surface area contributed by atoms with Crippen molar-refractivity contribution in [3.8, 4) is 0 Å². The molecule has 0 aliphatic carbocycles. The van der Waals surface area contributed by atoms with Gasteiger partial charge in [0, 0.05) is 19.3 Å². The van der Waals surface area contributed by atoms with E-state index < -0.39 is 0 Å². The minimum Gasteiger partial charge on any atom is -0.870 e. The van der Waals surface area contributed by atoms with Crippen molar-refractivity contribution < 1.29 is 10.5 Å². The van der Waals surface area contributed by atoms with Gasteiger partial charge < -0.3 is 10.8 Å². The molecule has 2 aromatic rings. The zero-order valence-electron chi connectivity index (χ0n) is 14.5. The molecule has 25 heavy (non-hydrogen) atoms. The van der Waals surface area contributed by atoms with Gasteiger partial charge in [0.25, 0.3) is 6.29 Å². The normalized spacial score (nSPS) is 19.9. The maximum atomic E-state index is 4.29. The summed E-state index contributed by atoms with van der Waals surface area (Å²) in [6, 6.07) is 18.4. The molecule has 2 unspecified atom stereocenters. The second-order valence-corrected chi connectivity index (χ2v) is 5.80. The highest BCUT2D eigenvalue weighted by Crippen LogP contribution is 2.17. The van der Waals surface area contributed by atoms with Crippen molar-refractivity contribution in [2.24, 2.45) is 15.2 Å². The van der Waals surface area contributed by atoms with Gasteiger partial charge in [-0.3, -0.25) is 0 Å². The van der Waals surface area contributed by atoms with E-state index in [1.54, 1.807) is 0 Å². The zero-order valence-corrected chi connectivity index (χ0v) is 14.5. The highest BCUT2D eigenvalue weighted by molar-refractivity contribution is 5.50. The lowest BCUT2D eigenvalue weighted by atomic mass is 10.1. The van der Waals surface area contributed by atoms with Crippen LogP contribution in [0.25, 0.3) is 0 Å². The van der Waals surface area contributed by atoms with E-state index in [2.05, 4.69) is 44.8 Å². The Kier molecular flexibility index (Phi) is 6.76. The Balaban J connectivity index is 0.00000225. The minimum atomic E-state index is -0.242. The van der Waals surface area contributed by atoms with Gasteiger partial charge in [0.2, 0.25) is 6.34 Å². The van der Waals surface area contributed by atoms with E-state index in [0.717, 1.165) is 29.3 Å².